The minimum Gasteiger partial charge on any atom is -0.493 e. The van der Waals surface area contributed by atoms with Crippen LogP contribution in [0.4, 0.5) is 11.5 Å². The monoisotopic (exact) mass is 408 g/mol. The first kappa shape index (κ1) is 19.4. The number of benzene rings is 1. The van der Waals surface area contributed by atoms with Crippen molar-refractivity contribution in [3.05, 3.63) is 54.6 Å². The fourth-order valence-corrected chi connectivity index (χ4v) is 2.81. The summed E-state index contributed by atoms with van der Waals surface area (Å²) in [7, 11) is 1.58. The molecule has 0 amide bonds. The molecule has 30 heavy (non-hydrogen) atoms. The van der Waals surface area contributed by atoms with Gasteiger partial charge in [-0.25, -0.2) is 9.97 Å². The largest absolute Gasteiger partial charge is 0.493 e. The highest BCUT2D eigenvalue weighted by molar-refractivity contribution is 5.92. The number of nitrogens with zero attached hydrogens (tertiary/aromatic N) is 4. The Bertz CT molecular complexity index is 1120. The standard InChI is InChI=1S/C20H20N6O4/c1-28-16-10-13(5-6-15(16)30-11-14-4-2-3-7-21-14)24-18-17-19(23-12-22-18)25-26-20(17)29-9-8-27/h2-7,10,12,27H,8-9,11H2,1H3,(H2,22,23,24,25,26). The van der Waals surface area contributed by atoms with Gasteiger partial charge in [0.05, 0.1) is 19.4 Å². The van der Waals surface area contributed by atoms with E-state index in [9.17, 15) is 0 Å². The van der Waals surface area contributed by atoms with Crippen LogP contribution in [0.15, 0.2) is 48.9 Å². The van der Waals surface area contributed by atoms with Gasteiger partial charge in [-0.05, 0) is 24.3 Å². The number of methoxy groups -OCH3 is 1. The van der Waals surface area contributed by atoms with Crippen LogP contribution in [0.25, 0.3) is 11.0 Å². The summed E-state index contributed by atoms with van der Waals surface area (Å²) < 4.78 is 16.8. The Morgan fingerprint density at radius 1 is 1.07 bits per heavy atom. The molecule has 0 bridgehead atoms. The Kier molecular flexibility index (Phi) is 5.85. The van der Waals surface area contributed by atoms with Crippen LogP contribution in [-0.4, -0.2) is 50.6 Å². The quantitative estimate of drug-likeness (QED) is 0.383. The van der Waals surface area contributed by atoms with Crippen molar-refractivity contribution >= 4 is 22.5 Å². The van der Waals surface area contributed by atoms with Gasteiger partial charge in [-0.3, -0.25) is 10.1 Å². The third-order valence-electron chi connectivity index (χ3n) is 4.18. The Balaban J connectivity index is 1.56. The molecule has 3 N–H and O–H groups in total. The fourth-order valence-electron chi connectivity index (χ4n) is 2.81. The molecule has 4 aromatic rings. The van der Waals surface area contributed by atoms with Crippen molar-refractivity contribution < 1.29 is 19.3 Å². The highest BCUT2D eigenvalue weighted by Gasteiger charge is 2.15. The summed E-state index contributed by atoms with van der Waals surface area (Å²) in [6.45, 7) is 0.323. The van der Waals surface area contributed by atoms with Crippen LogP contribution in [0.2, 0.25) is 0 Å². The average Bonchev–Trinajstić information content (AvgIpc) is 3.21. The maximum Gasteiger partial charge on any atom is 0.246 e. The van der Waals surface area contributed by atoms with Gasteiger partial charge < -0.3 is 24.6 Å². The van der Waals surface area contributed by atoms with Crippen LogP contribution in [0.3, 0.4) is 0 Å². The van der Waals surface area contributed by atoms with E-state index in [0.717, 1.165) is 11.4 Å². The maximum absolute atomic E-state index is 9.00. The lowest BCUT2D eigenvalue weighted by Gasteiger charge is -2.13. The van der Waals surface area contributed by atoms with Crippen molar-refractivity contribution in [3.8, 4) is 17.4 Å². The van der Waals surface area contributed by atoms with E-state index in [1.165, 1.54) is 6.33 Å². The second kappa shape index (κ2) is 9.05. The lowest BCUT2D eigenvalue weighted by atomic mass is 10.2. The first-order valence-electron chi connectivity index (χ1n) is 9.19. The summed E-state index contributed by atoms with van der Waals surface area (Å²) in [5.41, 5.74) is 2.06. The van der Waals surface area contributed by atoms with E-state index in [-0.39, 0.29) is 13.2 Å². The molecule has 0 atom stereocenters. The van der Waals surface area contributed by atoms with Crippen LogP contribution in [0.1, 0.15) is 5.69 Å². The van der Waals surface area contributed by atoms with Gasteiger partial charge in [-0.15, -0.1) is 5.10 Å². The summed E-state index contributed by atoms with van der Waals surface area (Å²) in [6, 6.07) is 11.1. The van der Waals surface area contributed by atoms with Crippen molar-refractivity contribution in [2.45, 2.75) is 6.61 Å². The first-order chi connectivity index (χ1) is 14.8. The van der Waals surface area contributed by atoms with Crippen molar-refractivity contribution in [1.82, 2.24) is 25.1 Å². The number of rotatable bonds is 9. The second-order valence-corrected chi connectivity index (χ2v) is 6.15. The number of aromatic amines is 1. The van der Waals surface area contributed by atoms with Crippen molar-refractivity contribution in [2.24, 2.45) is 0 Å². The highest BCUT2D eigenvalue weighted by atomic mass is 16.5. The molecule has 3 heterocycles. The predicted molar refractivity (Wildman–Crippen MR) is 109 cm³/mol. The Labute approximate surface area is 171 Å². The zero-order valence-corrected chi connectivity index (χ0v) is 16.2. The van der Waals surface area contributed by atoms with Crippen LogP contribution < -0.4 is 19.5 Å². The molecule has 0 unspecified atom stereocenters. The molecule has 0 spiro atoms. The Hall–Kier alpha value is -3.92. The number of hydrogen-bond donors (Lipinski definition) is 3. The highest BCUT2D eigenvalue weighted by Crippen LogP contribution is 2.34. The van der Waals surface area contributed by atoms with E-state index in [0.29, 0.717) is 40.8 Å². The molecular formula is C20H20N6O4. The van der Waals surface area contributed by atoms with Crippen molar-refractivity contribution in [3.63, 3.8) is 0 Å². The molecule has 10 heteroatoms. The van der Waals surface area contributed by atoms with Gasteiger partial charge >= 0.3 is 0 Å². The summed E-state index contributed by atoms with van der Waals surface area (Å²) in [5.74, 6) is 1.97. The molecule has 0 aliphatic rings. The third-order valence-corrected chi connectivity index (χ3v) is 4.18. The van der Waals surface area contributed by atoms with Gasteiger partial charge in [0, 0.05) is 18.0 Å². The number of aliphatic hydroxyl groups is 1. The van der Waals surface area contributed by atoms with Gasteiger partial charge in [0.25, 0.3) is 0 Å². The van der Waals surface area contributed by atoms with E-state index in [4.69, 9.17) is 19.3 Å². The summed E-state index contributed by atoms with van der Waals surface area (Å²) >= 11 is 0. The van der Waals surface area contributed by atoms with E-state index in [2.05, 4.69) is 30.5 Å². The third kappa shape index (κ3) is 4.23. The molecule has 1 aromatic carbocycles. The number of nitrogens with one attached hydrogen (secondary N) is 2. The number of hydrogen-bond acceptors (Lipinski definition) is 9. The number of aromatic nitrogens is 5. The summed E-state index contributed by atoms with van der Waals surface area (Å²) in [4.78, 5) is 12.7. The number of aliphatic hydroxyl groups excluding tert-OH is 1. The zero-order valence-electron chi connectivity index (χ0n) is 16.2. The molecule has 0 radical (unpaired) electrons. The summed E-state index contributed by atoms with van der Waals surface area (Å²) in [6.07, 6.45) is 3.14. The number of anilines is 2. The Morgan fingerprint density at radius 3 is 2.80 bits per heavy atom. The van der Waals surface area contributed by atoms with Gasteiger partial charge in [-0.2, -0.15) is 0 Å². The lowest BCUT2D eigenvalue weighted by Crippen LogP contribution is -2.03. The minimum atomic E-state index is -0.123. The molecule has 0 saturated heterocycles. The molecule has 3 aromatic heterocycles. The SMILES string of the molecule is COc1cc(Nc2ncnc3[nH]nc(OCCO)c23)ccc1OCc1ccccn1. The number of pyridine rings is 1. The lowest BCUT2D eigenvalue weighted by molar-refractivity contribution is 0.198. The number of ether oxygens (including phenoxy) is 3. The predicted octanol–water partition coefficient (Wildman–Crippen LogP) is 2.45. The molecule has 4 rings (SSSR count). The number of H-pyrrole nitrogens is 1. The topological polar surface area (TPSA) is 127 Å². The second-order valence-electron chi connectivity index (χ2n) is 6.15. The number of fused-ring (bicyclic) bond motifs is 1. The van der Waals surface area contributed by atoms with Crippen molar-refractivity contribution in [2.75, 3.05) is 25.6 Å². The molecule has 0 aliphatic carbocycles. The molecule has 0 aliphatic heterocycles. The average molecular weight is 408 g/mol. The van der Waals surface area contributed by atoms with Crippen LogP contribution in [0, 0.1) is 0 Å². The first-order valence-corrected chi connectivity index (χ1v) is 9.19. The minimum absolute atomic E-state index is 0.115. The Morgan fingerprint density at radius 2 is 2.00 bits per heavy atom. The van der Waals surface area contributed by atoms with Crippen LogP contribution in [-0.2, 0) is 6.61 Å². The normalized spacial score (nSPS) is 10.7. The van der Waals surface area contributed by atoms with Gasteiger partial charge in [0.15, 0.2) is 17.1 Å². The van der Waals surface area contributed by atoms with E-state index in [1.54, 1.807) is 25.4 Å². The smallest absolute Gasteiger partial charge is 0.246 e. The van der Waals surface area contributed by atoms with Crippen LogP contribution >= 0.6 is 0 Å². The van der Waals surface area contributed by atoms with Gasteiger partial charge in [0.2, 0.25) is 5.88 Å². The molecule has 154 valence electrons. The van der Waals surface area contributed by atoms with E-state index < -0.39 is 0 Å². The fraction of sp³-hybridized carbons (Fsp3) is 0.200. The molecular weight excluding hydrogens is 388 g/mol. The maximum atomic E-state index is 9.00. The van der Waals surface area contributed by atoms with E-state index in [1.807, 2.05) is 24.3 Å². The molecule has 0 saturated carbocycles. The zero-order chi connectivity index (χ0) is 20.8. The van der Waals surface area contributed by atoms with Crippen LogP contribution in [0.5, 0.6) is 17.4 Å². The van der Waals surface area contributed by atoms with Gasteiger partial charge in [-0.1, -0.05) is 6.07 Å². The van der Waals surface area contributed by atoms with Gasteiger partial charge in [0.1, 0.15) is 30.7 Å². The van der Waals surface area contributed by atoms with E-state index >= 15 is 0 Å². The molecule has 10 nitrogen and oxygen atoms in total. The summed E-state index contributed by atoms with van der Waals surface area (Å²) in [5, 5.41) is 19.7. The van der Waals surface area contributed by atoms with Crippen molar-refractivity contribution in [1.29, 1.82) is 0 Å². The molecule has 0 fully saturated rings.